The number of urea groups is 1. The molecule has 30 heavy (non-hydrogen) atoms. The van der Waals surface area contributed by atoms with Crippen molar-refractivity contribution < 1.29 is 9.18 Å². The average molecular weight is 408 g/mol. The zero-order valence-corrected chi connectivity index (χ0v) is 17.5. The number of amides is 2. The summed E-state index contributed by atoms with van der Waals surface area (Å²) in [5.41, 5.74) is 3.29. The minimum atomic E-state index is -0.478. The zero-order valence-electron chi connectivity index (χ0n) is 17.5. The maximum absolute atomic E-state index is 14.5. The SMILES string of the molecule is CNc1ncc2cc(-c3cc(NC(=O)NCC4CC4(C)C)c(F)cc3C)cnc2n1. The number of hydrogen-bond donors (Lipinski definition) is 3. The van der Waals surface area contributed by atoms with Gasteiger partial charge in [0.2, 0.25) is 5.95 Å². The number of carbonyl (C=O) groups excluding carboxylic acids is 1. The molecule has 1 atom stereocenters. The number of aryl methyl sites for hydroxylation is 1. The van der Waals surface area contributed by atoms with Gasteiger partial charge in [0.15, 0.2) is 5.65 Å². The average Bonchev–Trinajstić information content (AvgIpc) is 3.34. The van der Waals surface area contributed by atoms with Crippen LogP contribution in [-0.4, -0.2) is 34.6 Å². The maximum Gasteiger partial charge on any atom is 0.319 e. The molecular formula is C22H25FN6O. The lowest BCUT2D eigenvalue weighted by Crippen LogP contribution is -2.31. The molecule has 1 aliphatic rings. The van der Waals surface area contributed by atoms with E-state index >= 15 is 0 Å². The lowest BCUT2D eigenvalue weighted by Gasteiger charge is -2.13. The molecule has 1 aromatic carbocycles. The summed E-state index contributed by atoms with van der Waals surface area (Å²) in [5, 5.41) is 9.12. The minimum absolute atomic E-state index is 0.130. The van der Waals surface area contributed by atoms with Crippen LogP contribution in [0.15, 0.2) is 30.6 Å². The van der Waals surface area contributed by atoms with Crippen LogP contribution in [0.5, 0.6) is 0 Å². The molecule has 1 saturated carbocycles. The van der Waals surface area contributed by atoms with E-state index in [0.29, 0.717) is 24.1 Å². The van der Waals surface area contributed by atoms with Gasteiger partial charge in [0.1, 0.15) is 5.82 Å². The Bertz CT molecular complexity index is 1130. The Morgan fingerprint density at radius 1 is 1.23 bits per heavy atom. The van der Waals surface area contributed by atoms with Gasteiger partial charge in [-0.2, -0.15) is 4.98 Å². The van der Waals surface area contributed by atoms with E-state index in [1.807, 2.05) is 13.0 Å². The number of carbonyl (C=O) groups is 1. The number of fused-ring (bicyclic) bond motifs is 1. The summed E-state index contributed by atoms with van der Waals surface area (Å²) in [5.74, 6) is 0.484. The van der Waals surface area contributed by atoms with Crippen LogP contribution >= 0.6 is 0 Å². The molecule has 0 radical (unpaired) electrons. The van der Waals surface area contributed by atoms with Gasteiger partial charge in [-0.25, -0.2) is 19.2 Å². The molecule has 2 aromatic heterocycles. The molecule has 0 bridgehead atoms. The Morgan fingerprint density at radius 2 is 2.00 bits per heavy atom. The number of nitrogens with zero attached hydrogens (tertiary/aromatic N) is 3. The van der Waals surface area contributed by atoms with E-state index in [2.05, 4.69) is 44.7 Å². The molecule has 0 saturated heterocycles. The third-order valence-corrected chi connectivity index (χ3v) is 5.76. The molecule has 3 N–H and O–H groups in total. The summed E-state index contributed by atoms with van der Waals surface area (Å²) in [6.45, 7) is 6.75. The van der Waals surface area contributed by atoms with Gasteiger partial charge in [-0.3, -0.25) is 0 Å². The van der Waals surface area contributed by atoms with Crippen LogP contribution < -0.4 is 16.0 Å². The van der Waals surface area contributed by atoms with Crippen molar-refractivity contribution in [1.29, 1.82) is 0 Å². The van der Waals surface area contributed by atoms with Crippen LogP contribution in [0.4, 0.5) is 20.8 Å². The summed E-state index contributed by atoms with van der Waals surface area (Å²) in [4.78, 5) is 25.2. The molecule has 0 spiro atoms. The highest BCUT2D eigenvalue weighted by Gasteiger charge is 2.45. The topological polar surface area (TPSA) is 91.8 Å². The monoisotopic (exact) mass is 408 g/mol. The Kier molecular flexibility index (Phi) is 5.01. The summed E-state index contributed by atoms with van der Waals surface area (Å²) < 4.78 is 14.5. The number of benzene rings is 1. The van der Waals surface area contributed by atoms with Crippen molar-refractivity contribution in [3.8, 4) is 11.1 Å². The molecule has 7 nitrogen and oxygen atoms in total. The summed E-state index contributed by atoms with van der Waals surface area (Å²) in [6, 6.07) is 4.55. The van der Waals surface area contributed by atoms with Crippen molar-refractivity contribution in [1.82, 2.24) is 20.3 Å². The Balaban J connectivity index is 1.56. The Hall–Kier alpha value is -3.29. The van der Waals surface area contributed by atoms with E-state index in [-0.39, 0.29) is 11.1 Å². The van der Waals surface area contributed by atoms with Crippen molar-refractivity contribution in [2.24, 2.45) is 11.3 Å². The van der Waals surface area contributed by atoms with Crippen LogP contribution in [0.3, 0.4) is 0 Å². The maximum atomic E-state index is 14.5. The number of nitrogens with one attached hydrogen (secondary N) is 3. The fourth-order valence-corrected chi connectivity index (χ4v) is 3.58. The molecule has 3 aromatic rings. The third-order valence-electron chi connectivity index (χ3n) is 5.76. The molecule has 0 aliphatic heterocycles. The number of pyridine rings is 1. The van der Waals surface area contributed by atoms with Gasteiger partial charge >= 0.3 is 6.03 Å². The predicted molar refractivity (Wildman–Crippen MR) is 116 cm³/mol. The first-order valence-electron chi connectivity index (χ1n) is 9.93. The van der Waals surface area contributed by atoms with E-state index in [1.165, 1.54) is 6.07 Å². The van der Waals surface area contributed by atoms with Crippen molar-refractivity contribution >= 4 is 28.7 Å². The van der Waals surface area contributed by atoms with E-state index in [4.69, 9.17) is 0 Å². The fourth-order valence-electron chi connectivity index (χ4n) is 3.58. The first kappa shape index (κ1) is 20.0. The van der Waals surface area contributed by atoms with Crippen LogP contribution in [0.1, 0.15) is 25.8 Å². The van der Waals surface area contributed by atoms with Crippen molar-refractivity contribution in [2.75, 3.05) is 24.2 Å². The highest BCUT2D eigenvalue weighted by molar-refractivity contribution is 5.91. The van der Waals surface area contributed by atoms with Gasteiger partial charge in [0.05, 0.1) is 5.69 Å². The molecular weight excluding hydrogens is 383 g/mol. The van der Waals surface area contributed by atoms with Crippen molar-refractivity contribution in [2.45, 2.75) is 27.2 Å². The first-order valence-corrected chi connectivity index (χ1v) is 9.93. The summed E-state index contributed by atoms with van der Waals surface area (Å²) in [6.07, 6.45) is 4.47. The van der Waals surface area contributed by atoms with E-state index in [0.717, 1.165) is 28.5 Å². The molecule has 1 unspecified atom stereocenters. The third kappa shape index (κ3) is 4.03. The van der Waals surface area contributed by atoms with Crippen LogP contribution in [0.25, 0.3) is 22.2 Å². The van der Waals surface area contributed by atoms with Crippen LogP contribution in [0, 0.1) is 24.1 Å². The number of anilines is 2. The number of aromatic nitrogens is 3. The zero-order chi connectivity index (χ0) is 21.5. The largest absolute Gasteiger partial charge is 0.357 e. The van der Waals surface area contributed by atoms with Gasteiger partial charge in [-0.15, -0.1) is 0 Å². The first-order chi connectivity index (χ1) is 14.3. The second-order valence-electron chi connectivity index (χ2n) is 8.45. The van der Waals surface area contributed by atoms with E-state index in [9.17, 15) is 9.18 Å². The van der Waals surface area contributed by atoms with Gasteiger partial charge in [-0.1, -0.05) is 13.8 Å². The predicted octanol–water partition coefficient (Wildman–Crippen LogP) is 4.35. The Labute approximate surface area is 174 Å². The number of halogens is 1. The molecule has 1 fully saturated rings. The Morgan fingerprint density at radius 3 is 2.70 bits per heavy atom. The quantitative estimate of drug-likeness (QED) is 0.584. The second kappa shape index (κ2) is 7.51. The van der Waals surface area contributed by atoms with Gasteiger partial charge in [-0.05, 0) is 54.0 Å². The smallest absolute Gasteiger partial charge is 0.319 e. The highest BCUT2D eigenvalue weighted by Crippen LogP contribution is 2.50. The standard InChI is InChI=1S/C22H25FN6O/c1-12-5-17(23)18(28-21(30)27-11-15-8-22(15,2)3)7-16(12)13-6-14-10-26-20(24-4)29-19(14)25-9-13/h5-7,9-10,15H,8,11H2,1-4H3,(H2,27,28,30)(H,24,25,26,29). The molecule has 2 amide bonds. The van der Waals surface area contributed by atoms with E-state index < -0.39 is 11.8 Å². The summed E-state index contributed by atoms with van der Waals surface area (Å²) in [7, 11) is 1.74. The van der Waals surface area contributed by atoms with Gasteiger partial charge in [0, 0.05) is 36.9 Å². The lowest BCUT2D eigenvalue weighted by atomic mass is 10.0. The number of hydrogen-bond acceptors (Lipinski definition) is 5. The second-order valence-corrected chi connectivity index (χ2v) is 8.45. The van der Waals surface area contributed by atoms with Gasteiger partial charge < -0.3 is 16.0 Å². The van der Waals surface area contributed by atoms with Crippen molar-refractivity contribution in [3.05, 3.63) is 42.0 Å². The van der Waals surface area contributed by atoms with E-state index in [1.54, 1.807) is 25.5 Å². The van der Waals surface area contributed by atoms with Gasteiger partial charge in [0.25, 0.3) is 0 Å². The molecule has 1 aliphatic carbocycles. The van der Waals surface area contributed by atoms with Crippen molar-refractivity contribution in [3.63, 3.8) is 0 Å². The highest BCUT2D eigenvalue weighted by atomic mass is 19.1. The molecule has 2 heterocycles. The number of rotatable bonds is 5. The van der Waals surface area contributed by atoms with Crippen LogP contribution in [0.2, 0.25) is 0 Å². The lowest BCUT2D eigenvalue weighted by molar-refractivity contribution is 0.251. The normalized spacial score (nSPS) is 16.9. The van der Waals surface area contributed by atoms with Crippen LogP contribution in [-0.2, 0) is 0 Å². The molecule has 4 rings (SSSR count). The fraction of sp³-hybridized carbons (Fsp3) is 0.364. The molecule has 156 valence electrons. The summed E-state index contributed by atoms with van der Waals surface area (Å²) >= 11 is 0. The minimum Gasteiger partial charge on any atom is -0.357 e. The molecule has 8 heteroatoms.